The maximum absolute atomic E-state index is 6.78. The molecule has 12 aromatic rings. The van der Waals surface area contributed by atoms with E-state index in [9.17, 15) is 0 Å². The van der Waals surface area contributed by atoms with E-state index >= 15 is 0 Å². The summed E-state index contributed by atoms with van der Waals surface area (Å²) in [6, 6.07) is 80.3. The predicted octanol–water partition coefficient (Wildman–Crippen LogP) is 11.2. The minimum atomic E-state index is -3.04. The van der Waals surface area contributed by atoms with Crippen LogP contribution in [0.25, 0.3) is 76.9 Å². The minimum Gasteiger partial charge on any atom is -0.456 e. The van der Waals surface area contributed by atoms with Crippen molar-refractivity contribution < 1.29 is 4.42 Å². The van der Waals surface area contributed by atoms with Crippen molar-refractivity contribution in [3.8, 4) is 11.4 Å². The second-order valence-corrected chi connectivity index (χ2v) is 19.0. The van der Waals surface area contributed by atoms with Crippen molar-refractivity contribution in [1.82, 2.24) is 9.13 Å². The number of furan rings is 1. The van der Waals surface area contributed by atoms with E-state index in [1.54, 1.807) is 0 Å². The van der Waals surface area contributed by atoms with E-state index in [0.29, 0.717) is 0 Å². The van der Waals surface area contributed by atoms with E-state index in [1.807, 2.05) is 0 Å². The van der Waals surface area contributed by atoms with Gasteiger partial charge in [0.1, 0.15) is 11.2 Å². The van der Waals surface area contributed by atoms with Crippen molar-refractivity contribution in [2.45, 2.75) is 0 Å². The monoisotopic (exact) mass is 756 g/mol. The van der Waals surface area contributed by atoms with Gasteiger partial charge in [0, 0.05) is 43.7 Å². The molecule has 0 unspecified atom stereocenters. The molecule has 0 aliphatic carbocycles. The van der Waals surface area contributed by atoms with Crippen LogP contribution in [0.1, 0.15) is 0 Å². The van der Waals surface area contributed by atoms with Crippen LogP contribution in [0.15, 0.2) is 223 Å². The summed E-state index contributed by atoms with van der Waals surface area (Å²) >= 11 is 0. The van der Waals surface area contributed by atoms with Gasteiger partial charge in [-0.3, -0.25) is 0 Å². The van der Waals surface area contributed by atoms with Crippen LogP contribution in [0.3, 0.4) is 0 Å². The number of hydrogen-bond donors (Lipinski definition) is 0. The first-order valence-corrected chi connectivity index (χ1v) is 21.9. The smallest absolute Gasteiger partial charge is 0.182 e. The Morgan fingerprint density at radius 2 is 0.759 bits per heavy atom. The zero-order chi connectivity index (χ0) is 38.2. The molecule has 0 saturated heterocycles. The van der Waals surface area contributed by atoms with Gasteiger partial charge in [-0.2, -0.15) is 0 Å². The third kappa shape index (κ3) is 4.67. The first-order valence-electron chi connectivity index (χ1n) is 19.9. The first-order chi connectivity index (χ1) is 28.8. The third-order valence-electron chi connectivity index (χ3n) is 12.3. The van der Waals surface area contributed by atoms with Crippen LogP contribution < -0.4 is 20.7 Å². The highest BCUT2D eigenvalue weighted by Crippen LogP contribution is 2.38. The zero-order valence-corrected chi connectivity index (χ0v) is 32.6. The molecule has 3 heterocycles. The Morgan fingerprint density at radius 3 is 1.33 bits per heavy atom. The van der Waals surface area contributed by atoms with E-state index in [0.717, 1.165) is 38.8 Å². The molecular formula is C54H36N2OSi. The summed E-state index contributed by atoms with van der Waals surface area (Å²) in [5, 5.41) is 12.4. The molecule has 0 aliphatic rings. The molecule has 272 valence electrons. The highest BCUT2D eigenvalue weighted by Gasteiger charge is 2.44. The fourth-order valence-electron chi connectivity index (χ4n) is 9.84. The van der Waals surface area contributed by atoms with Gasteiger partial charge in [0.2, 0.25) is 0 Å². The second-order valence-electron chi connectivity index (χ2n) is 15.2. The highest BCUT2D eigenvalue weighted by molar-refractivity contribution is 7.20. The largest absolute Gasteiger partial charge is 0.456 e. The van der Waals surface area contributed by atoms with Crippen LogP contribution in [0, 0.1) is 0 Å². The van der Waals surface area contributed by atoms with Crippen LogP contribution in [-0.4, -0.2) is 17.2 Å². The molecule has 0 spiro atoms. The number of fused-ring (bicyclic) bond motifs is 9. The molecule has 0 fully saturated rings. The third-order valence-corrected chi connectivity index (χ3v) is 17.1. The Bertz CT molecular complexity index is 3360. The summed E-state index contributed by atoms with van der Waals surface area (Å²) in [5.74, 6) is 0. The quantitative estimate of drug-likeness (QED) is 0.122. The van der Waals surface area contributed by atoms with Crippen molar-refractivity contribution in [2.75, 3.05) is 0 Å². The summed E-state index contributed by atoms with van der Waals surface area (Å²) in [4.78, 5) is 0. The van der Waals surface area contributed by atoms with Crippen molar-refractivity contribution >= 4 is 94.4 Å². The van der Waals surface area contributed by atoms with E-state index in [2.05, 4.69) is 228 Å². The number of benzene rings is 9. The van der Waals surface area contributed by atoms with Crippen molar-refractivity contribution in [3.05, 3.63) is 218 Å². The van der Waals surface area contributed by atoms with Crippen molar-refractivity contribution in [2.24, 2.45) is 0 Å². The molecule has 9 aromatic carbocycles. The predicted molar refractivity (Wildman–Crippen MR) is 246 cm³/mol. The molecule has 3 aromatic heterocycles. The molecule has 0 saturated carbocycles. The molecule has 4 heteroatoms. The lowest BCUT2D eigenvalue weighted by molar-refractivity contribution is 0.669. The summed E-state index contributed by atoms with van der Waals surface area (Å²) in [5.41, 5.74) is 8.84. The van der Waals surface area contributed by atoms with E-state index in [-0.39, 0.29) is 0 Å². The molecule has 3 nitrogen and oxygen atoms in total. The second kappa shape index (κ2) is 12.8. The molecular weight excluding hydrogens is 721 g/mol. The van der Waals surface area contributed by atoms with Gasteiger partial charge in [-0.05, 0) is 75.3 Å². The first kappa shape index (κ1) is 32.8. The Hall–Kier alpha value is -7.40. The molecule has 0 aliphatic heterocycles. The van der Waals surface area contributed by atoms with Crippen LogP contribution >= 0.6 is 0 Å². The topological polar surface area (TPSA) is 23.0 Å². The lowest BCUT2D eigenvalue weighted by Gasteiger charge is -2.36. The van der Waals surface area contributed by atoms with Gasteiger partial charge in [0.15, 0.2) is 8.07 Å². The summed E-state index contributed by atoms with van der Waals surface area (Å²) in [6.07, 6.45) is 0. The van der Waals surface area contributed by atoms with E-state index in [1.165, 1.54) is 58.8 Å². The van der Waals surface area contributed by atoms with Crippen LogP contribution in [0.5, 0.6) is 0 Å². The SMILES string of the molecule is c1ccc([Si](c2ccccc2)(c2ccccc2)c2cc3oc4ccccc4c3cc2-n2c3ccccc3c3cc(-n4c5ccccc5c5ccccc54)ccc32)cc1. The van der Waals surface area contributed by atoms with Crippen molar-refractivity contribution in [1.29, 1.82) is 0 Å². The van der Waals surface area contributed by atoms with Gasteiger partial charge in [-0.25, -0.2) is 0 Å². The van der Waals surface area contributed by atoms with Crippen LogP contribution in [0.4, 0.5) is 0 Å². The van der Waals surface area contributed by atoms with Crippen LogP contribution in [0.2, 0.25) is 0 Å². The summed E-state index contributed by atoms with van der Waals surface area (Å²) in [7, 11) is -3.04. The van der Waals surface area contributed by atoms with E-state index in [4.69, 9.17) is 4.42 Å². The standard InChI is InChI=1S/C54H36N2OSi/c1-4-18-38(19-5-1)58(39-20-6-2-7-21-39,40-22-8-3-9-23-40)54-36-53-46(44-27-13-17-31-52(44)57-53)35-51(54)56-49-30-16-12-26-43(49)45-34-37(32-33-50(45)56)55-47-28-14-10-24-41(47)42-25-11-15-29-48(42)55/h1-36H. The molecule has 58 heavy (non-hydrogen) atoms. The van der Waals surface area contributed by atoms with Gasteiger partial charge in [-0.15, -0.1) is 0 Å². The number of nitrogens with zero attached hydrogens (tertiary/aromatic N) is 2. The molecule has 0 bridgehead atoms. The molecule has 0 N–H and O–H groups in total. The number of aromatic nitrogens is 2. The molecule has 0 atom stereocenters. The van der Waals surface area contributed by atoms with Gasteiger partial charge >= 0.3 is 0 Å². The average Bonchev–Trinajstić information content (AvgIpc) is 3.95. The molecule has 0 amide bonds. The number of para-hydroxylation sites is 4. The Labute approximate surface area is 336 Å². The lowest BCUT2D eigenvalue weighted by atomic mass is 10.1. The zero-order valence-electron chi connectivity index (χ0n) is 31.6. The van der Waals surface area contributed by atoms with E-state index < -0.39 is 8.07 Å². The summed E-state index contributed by atoms with van der Waals surface area (Å²) < 4.78 is 11.7. The molecule has 12 rings (SSSR count). The fraction of sp³-hybridized carbons (Fsp3) is 0. The minimum absolute atomic E-state index is 0.894. The lowest BCUT2D eigenvalue weighted by Crippen LogP contribution is -2.75. The summed E-state index contributed by atoms with van der Waals surface area (Å²) in [6.45, 7) is 0. The Morgan fingerprint density at radius 1 is 0.310 bits per heavy atom. The van der Waals surface area contributed by atoms with Gasteiger partial charge < -0.3 is 13.6 Å². The maximum Gasteiger partial charge on any atom is 0.182 e. The number of hydrogen-bond acceptors (Lipinski definition) is 1. The highest BCUT2D eigenvalue weighted by atomic mass is 28.3. The Balaban J connectivity index is 1.24. The van der Waals surface area contributed by atoms with Gasteiger partial charge in [0.05, 0.1) is 22.1 Å². The number of rotatable bonds is 6. The van der Waals surface area contributed by atoms with Crippen LogP contribution in [-0.2, 0) is 0 Å². The Kier molecular flexibility index (Phi) is 7.25. The maximum atomic E-state index is 6.78. The normalized spacial score (nSPS) is 12.1. The van der Waals surface area contributed by atoms with Gasteiger partial charge in [0.25, 0.3) is 0 Å². The molecule has 0 radical (unpaired) electrons. The van der Waals surface area contributed by atoms with Gasteiger partial charge in [-0.1, -0.05) is 164 Å². The fourth-order valence-corrected chi connectivity index (χ4v) is 14.8. The van der Waals surface area contributed by atoms with Crippen molar-refractivity contribution in [3.63, 3.8) is 0 Å². The average molecular weight is 757 g/mol.